The third-order valence-corrected chi connectivity index (χ3v) is 4.83. The van der Waals surface area contributed by atoms with Gasteiger partial charge < -0.3 is 19.7 Å². The number of aromatic hydroxyl groups is 1. The normalized spacial score (nSPS) is 22.0. The number of aliphatic hydroxyl groups is 1. The minimum Gasteiger partial charge on any atom is -0.508 e. The Bertz CT molecular complexity index is 832. The zero-order valence-electron chi connectivity index (χ0n) is 14.2. The molecule has 4 rings (SSSR count). The Labute approximate surface area is 145 Å². The van der Waals surface area contributed by atoms with Crippen LogP contribution in [0.3, 0.4) is 0 Å². The van der Waals surface area contributed by atoms with Gasteiger partial charge >= 0.3 is 0 Å². The van der Waals surface area contributed by atoms with E-state index in [0.29, 0.717) is 23.5 Å². The Hall–Kier alpha value is -2.53. The lowest BCUT2D eigenvalue weighted by atomic mass is 9.92. The van der Waals surface area contributed by atoms with E-state index >= 15 is 0 Å². The Morgan fingerprint density at radius 2 is 1.76 bits per heavy atom. The average Bonchev–Trinajstić information content (AvgIpc) is 2.97. The number of fused-ring (bicyclic) bond motifs is 2. The first-order valence-corrected chi connectivity index (χ1v) is 8.36. The van der Waals surface area contributed by atoms with Crippen molar-refractivity contribution in [1.82, 2.24) is 0 Å². The van der Waals surface area contributed by atoms with Crippen LogP contribution in [0.15, 0.2) is 36.4 Å². The van der Waals surface area contributed by atoms with Crippen LogP contribution in [0, 0.1) is 0 Å². The molecule has 2 atom stereocenters. The van der Waals surface area contributed by atoms with Gasteiger partial charge in [0.25, 0.3) is 0 Å². The van der Waals surface area contributed by atoms with Gasteiger partial charge in [-0.25, -0.2) is 0 Å². The Morgan fingerprint density at radius 1 is 1.04 bits per heavy atom. The number of hydrogen-bond acceptors (Lipinski definition) is 5. The van der Waals surface area contributed by atoms with Crippen molar-refractivity contribution in [2.45, 2.75) is 44.5 Å². The predicted molar refractivity (Wildman–Crippen MR) is 91.3 cm³/mol. The smallest absolute Gasteiger partial charge is 0.170 e. The number of hydrogen-bond donors (Lipinski definition) is 2. The quantitative estimate of drug-likeness (QED) is 0.878. The molecule has 0 saturated heterocycles. The molecule has 0 bridgehead atoms. The molecule has 2 aromatic carbocycles. The van der Waals surface area contributed by atoms with Gasteiger partial charge in [-0.3, -0.25) is 4.79 Å². The third kappa shape index (κ3) is 2.85. The molecule has 0 aliphatic carbocycles. The number of carbonyl (C=O) groups is 1. The first-order chi connectivity index (χ1) is 11.8. The molecule has 5 nitrogen and oxygen atoms in total. The van der Waals surface area contributed by atoms with Gasteiger partial charge in [-0.2, -0.15) is 0 Å². The largest absolute Gasteiger partial charge is 0.508 e. The average molecular weight is 340 g/mol. The molecule has 0 aromatic heterocycles. The number of phenols is 1. The second kappa shape index (κ2) is 5.49. The molecule has 2 aromatic rings. The summed E-state index contributed by atoms with van der Waals surface area (Å²) in [6.07, 6.45) is 0.104. The van der Waals surface area contributed by atoms with E-state index in [0.717, 1.165) is 11.1 Å². The fraction of sp³-hybridized carbons (Fsp3) is 0.350. The van der Waals surface area contributed by atoms with Crippen LogP contribution in [0.25, 0.3) is 0 Å². The molecule has 0 saturated carbocycles. The van der Waals surface area contributed by atoms with E-state index in [9.17, 15) is 15.0 Å². The second-order valence-corrected chi connectivity index (χ2v) is 7.25. The molecule has 0 radical (unpaired) electrons. The Morgan fingerprint density at radius 3 is 2.44 bits per heavy atom. The van der Waals surface area contributed by atoms with Crippen molar-refractivity contribution in [3.05, 3.63) is 53.1 Å². The number of rotatable bonds is 2. The van der Waals surface area contributed by atoms with Crippen molar-refractivity contribution in [3.8, 4) is 17.2 Å². The lowest BCUT2D eigenvalue weighted by Gasteiger charge is -2.26. The fourth-order valence-corrected chi connectivity index (χ4v) is 3.33. The van der Waals surface area contributed by atoms with E-state index in [1.54, 1.807) is 44.2 Å². The zero-order valence-corrected chi connectivity index (χ0v) is 14.2. The van der Waals surface area contributed by atoms with Gasteiger partial charge in [0, 0.05) is 12.5 Å². The van der Waals surface area contributed by atoms with E-state index in [-0.39, 0.29) is 30.2 Å². The van der Waals surface area contributed by atoms with Gasteiger partial charge in [0.05, 0.1) is 17.6 Å². The molecule has 2 aliphatic rings. The summed E-state index contributed by atoms with van der Waals surface area (Å²) < 4.78 is 11.9. The van der Waals surface area contributed by atoms with E-state index in [1.165, 1.54) is 0 Å². The van der Waals surface area contributed by atoms with Crippen molar-refractivity contribution in [3.63, 3.8) is 0 Å². The summed E-state index contributed by atoms with van der Waals surface area (Å²) in [5, 5.41) is 19.6. The van der Waals surface area contributed by atoms with Gasteiger partial charge in [0.2, 0.25) is 0 Å². The Balaban J connectivity index is 1.65. The van der Waals surface area contributed by atoms with Crippen molar-refractivity contribution < 1.29 is 24.5 Å². The highest BCUT2D eigenvalue weighted by molar-refractivity contribution is 6.00. The molecule has 0 fully saturated rings. The predicted octanol–water partition coefficient (Wildman–Crippen LogP) is 3.17. The highest BCUT2D eigenvalue weighted by Crippen LogP contribution is 2.42. The number of phenolic OH excluding ortho intramolecular Hbond substituents is 1. The first-order valence-electron chi connectivity index (χ1n) is 8.36. The maximum absolute atomic E-state index is 12.6. The monoisotopic (exact) mass is 340 g/mol. The maximum Gasteiger partial charge on any atom is 0.170 e. The molecular weight excluding hydrogens is 320 g/mol. The molecule has 0 amide bonds. The van der Waals surface area contributed by atoms with Crippen molar-refractivity contribution in [2.24, 2.45) is 0 Å². The van der Waals surface area contributed by atoms with Crippen molar-refractivity contribution in [2.75, 3.05) is 0 Å². The molecule has 2 aliphatic heterocycles. The van der Waals surface area contributed by atoms with Crippen LogP contribution in [0.2, 0.25) is 0 Å². The van der Waals surface area contributed by atoms with Gasteiger partial charge in [-0.1, -0.05) is 12.1 Å². The highest BCUT2D eigenvalue weighted by Gasteiger charge is 2.37. The highest BCUT2D eigenvalue weighted by atomic mass is 16.5. The number of benzene rings is 2. The van der Waals surface area contributed by atoms with Crippen molar-refractivity contribution in [1.29, 1.82) is 0 Å². The van der Waals surface area contributed by atoms with E-state index < -0.39 is 5.60 Å². The molecule has 130 valence electrons. The van der Waals surface area contributed by atoms with E-state index in [4.69, 9.17) is 9.47 Å². The molecule has 2 N–H and O–H groups in total. The standard InChI is InChI=1S/C20H20O5/c1-20(2,23)19-8-12-7-14-15(22)9-16(11-3-5-13(21)6-4-11)24-18(14)10-17(12)25-19/h3-7,10,16,19,21,23H,8-9H2,1-2H3/t16-,19-/m0/s1. The minimum atomic E-state index is -0.959. The fourth-order valence-electron chi connectivity index (χ4n) is 3.33. The summed E-state index contributed by atoms with van der Waals surface area (Å²) >= 11 is 0. The summed E-state index contributed by atoms with van der Waals surface area (Å²) in [7, 11) is 0. The molecule has 25 heavy (non-hydrogen) atoms. The van der Waals surface area contributed by atoms with Crippen LogP contribution in [-0.2, 0) is 6.42 Å². The van der Waals surface area contributed by atoms with Gasteiger partial charge in [0.1, 0.15) is 29.5 Å². The van der Waals surface area contributed by atoms with Crippen LogP contribution in [0.4, 0.5) is 0 Å². The lowest BCUT2D eigenvalue weighted by molar-refractivity contribution is -0.0230. The third-order valence-electron chi connectivity index (χ3n) is 4.83. The number of ether oxygens (including phenoxy) is 2. The van der Waals surface area contributed by atoms with Crippen LogP contribution in [0.5, 0.6) is 17.2 Å². The summed E-state index contributed by atoms with van der Waals surface area (Å²) in [5.41, 5.74) is 1.37. The summed E-state index contributed by atoms with van der Waals surface area (Å²) in [5.74, 6) is 1.36. The van der Waals surface area contributed by atoms with Gasteiger partial charge in [-0.05, 0) is 43.2 Å². The zero-order chi connectivity index (χ0) is 17.8. The van der Waals surface area contributed by atoms with Crippen LogP contribution >= 0.6 is 0 Å². The summed E-state index contributed by atoms with van der Waals surface area (Å²) in [6, 6.07) is 10.3. The number of Topliss-reactive ketones (excluding diaryl/α,β-unsaturated/α-hetero) is 1. The Kier molecular flexibility index (Phi) is 3.51. The molecular formula is C20H20O5. The molecule has 5 heteroatoms. The van der Waals surface area contributed by atoms with Gasteiger partial charge in [-0.15, -0.1) is 0 Å². The summed E-state index contributed by atoms with van der Waals surface area (Å²) in [6.45, 7) is 3.43. The number of carbonyl (C=O) groups excluding carboxylic acids is 1. The first kappa shape index (κ1) is 16.0. The topological polar surface area (TPSA) is 76.0 Å². The maximum atomic E-state index is 12.6. The summed E-state index contributed by atoms with van der Waals surface area (Å²) in [4.78, 5) is 12.6. The molecule has 0 unspecified atom stereocenters. The van der Waals surface area contributed by atoms with Crippen molar-refractivity contribution >= 4 is 5.78 Å². The lowest BCUT2D eigenvalue weighted by Crippen LogP contribution is -2.39. The van der Waals surface area contributed by atoms with Crippen LogP contribution in [-0.4, -0.2) is 27.7 Å². The van der Waals surface area contributed by atoms with Crippen LogP contribution < -0.4 is 9.47 Å². The van der Waals surface area contributed by atoms with Crippen LogP contribution in [0.1, 0.15) is 47.9 Å². The molecule has 2 heterocycles. The minimum absolute atomic E-state index is 0.0221. The number of ketones is 1. The molecule has 0 spiro atoms. The second-order valence-electron chi connectivity index (χ2n) is 7.25. The van der Waals surface area contributed by atoms with E-state index in [2.05, 4.69) is 0 Å². The SMILES string of the molecule is CC(C)(O)[C@@H]1Cc2cc3c(cc2O1)O[C@H](c1ccc(O)cc1)CC3=O. The van der Waals surface area contributed by atoms with E-state index in [1.807, 2.05) is 6.07 Å². The van der Waals surface area contributed by atoms with Gasteiger partial charge in [0.15, 0.2) is 5.78 Å².